The number of benzene rings is 3. The molecule has 44 heavy (non-hydrogen) atoms. The predicted octanol–water partition coefficient (Wildman–Crippen LogP) is 4.81. The van der Waals surface area contributed by atoms with E-state index >= 15 is 0 Å². The van der Waals surface area contributed by atoms with E-state index in [1.165, 1.54) is 35.1 Å². The lowest BCUT2D eigenvalue weighted by atomic mass is 10.1. The number of carbonyl (C=O) groups excluding carboxylic acids is 2. The molecular weight excluding hydrogens is 594 g/mol. The maximum Gasteiger partial charge on any atom is 0.241 e. The number of hydrogen-bond donors (Lipinski definition) is 4. The summed E-state index contributed by atoms with van der Waals surface area (Å²) in [5.74, 6) is -3.05. The van der Waals surface area contributed by atoms with Gasteiger partial charge in [0.05, 0.1) is 28.8 Å². The molecule has 3 aromatic carbocycles. The number of rotatable bonds is 10. The van der Waals surface area contributed by atoms with E-state index in [0.717, 1.165) is 6.07 Å². The van der Waals surface area contributed by atoms with Crippen molar-refractivity contribution in [3.63, 3.8) is 0 Å². The van der Waals surface area contributed by atoms with Crippen molar-refractivity contribution in [3.8, 4) is 17.2 Å². The molecule has 0 atom stereocenters. The number of nitrogen functional groups attached to an aromatic ring is 1. The molecule has 14 heteroatoms. The van der Waals surface area contributed by atoms with Gasteiger partial charge in [-0.2, -0.15) is 5.10 Å². The Hall–Kier alpha value is -5.24. The molecule has 0 saturated heterocycles. The van der Waals surface area contributed by atoms with Gasteiger partial charge in [-0.15, -0.1) is 0 Å². The van der Waals surface area contributed by atoms with Crippen molar-refractivity contribution in [1.29, 1.82) is 0 Å². The molecule has 2 aromatic heterocycles. The first-order chi connectivity index (χ1) is 20.8. The summed E-state index contributed by atoms with van der Waals surface area (Å²) in [6.07, 6.45) is 1.30. The lowest BCUT2D eigenvalue weighted by Gasteiger charge is -2.12. The summed E-state index contributed by atoms with van der Waals surface area (Å²) < 4.78 is 62.7. The molecule has 0 bridgehead atoms. The topological polar surface area (TPSA) is 161 Å². The number of nitrogens with one attached hydrogen (secondary N) is 3. The fraction of sp³-hybridized carbons (Fsp3) is 0.167. The van der Waals surface area contributed by atoms with E-state index in [0.29, 0.717) is 22.4 Å². The highest BCUT2D eigenvalue weighted by Gasteiger charge is 2.23. The molecule has 0 fully saturated rings. The second-order valence-electron chi connectivity index (χ2n) is 10.4. The number of para-hydroxylation sites is 1. The molecule has 5 N–H and O–H groups in total. The Morgan fingerprint density at radius 2 is 1.82 bits per heavy atom. The first kappa shape index (κ1) is 30.2. The number of fused-ring (bicyclic) bond motifs is 1. The summed E-state index contributed by atoms with van der Waals surface area (Å²) in [4.78, 5) is 28.2. The normalized spacial score (nSPS) is 11.6. The van der Waals surface area contributed by atoms with Gasteiger partial charge in [0.25, 0.3) is 0 Å². The van der Waals surface area contributed by atoms with Crippen LogP contribution in [0, 0.1) is 18.6 Å². The summed E-state index contributed by atoms with van der Waals surface area (Å²) in [6.45, 7) is 5.14. The van der Waals surface area contributed by atoms with Gasteiger partial charge in [0.1, 0.15) is 23.1 Å². The van der Waals surface area contributed by atoms with Crippen LogP contribution in [-0.4, -0.2) is 46.7 Å². The van der Waals surface area contributed by atoms with Crippen molar-refractivity contribution in [2.45, 2.75) is 26.8 Å². The number of nitrogens with zero attached hydrogens (tertiary/aromatic N) is 2. The fourth-order valence-electron chi connectivity index (χ4n) is 4.55. The first-order valence-corrected chi connectivity index (χ1v) is 15.0. The van der Waals surface area contributed by atoms with Gasteiger partial charge in [0.2, 0.25) is 21.7 Å². The van der Waals surface area contributed by atoms with Gasteiger partial charge in [-0.3, -0.25) is 14.3 Å². The van der Waals surface area contributed by atoms with E-state index in [1.54, 1.807) is 51.1 Å². The Bertz CT molecular complexity index is 2020. The number of nitrogens with two attached hydrogens (primary N) is 1. The standard InChI is InChI=1S/C30H28F2N6O5S/c1-16(2)35-28(39)15-44(41,42)37-24-13-23-18(11-22(24)32)12-25(36-23)29(40)20-14-34-38(30(20)33)26-9-8-19(10-17(26)3)43-27-7-5-4-6-21(27)31/h4-14,16,36-37H,15,33H2,1-3H3,(H,35,39). The SMILES string of the molecule is Cc1cc(Oc2ccccc2F)ccc1-n1ncc(C(=O)c2cc3cc(F)c(NS(=O)(=O)CC(=O)NC(C)C)cc3[nH]2)c1N. The second kappa shape index (κ2) is 11.8. The van der Waals surface area contributed by atoms with Gasteiger partial charge in [-0.1, -0.05) is 12.1 Å². The number of ether oxygens (including phenoxy) is 1. The Kier molecular flexibility index (Phi) is 8.11. The van der Waals surface area contributed by atoms with Crippen LogP contribution in [0.4, 0.5) is 20.3 Å². The van der Waals surface area contributed by atoms with Crippen LogP contribution in [0.15, 0.2) is 66.9 Å². The predicted molar refractivity (Wildman–Crippen MR) is 162 cm³/mol. The van der Waals surface area contributed by atoms with Gasteiger partial charge >= 0.3 is 0 Å². The summed E-state index contributed by atoms with van der Waals surface area (Å²) in [5, 5.41) is 7.04. The molecule has 0 unspecified atom stereocenters. The number of anilines is 2. The zero-order valence-corrected chi connectivity index (χ0v) is 24.6. The minimum absolute atomic E-state index is 0.0406. The van der Waals surface area contributed by atoms with Crippen LogP contribution in [0.3, 0.4) is 0 Å². The molecule has 11 nitrogen and oxygen atoms in total. The van der Waals surface area contributed by atoms with Crippen LogP contribution in [0.1, 0.15) is 35.5 Å². The number of ketones is 1. The van der Waals surface area contributed by atoms with E-state index in [1.807, 2.05) is 0 Å². The lowest BCUT2D eigenvalue weighted by Crippen LogP contribution is -2.36. The molecule has 2 heterocycles. The molecular formula is C30H28F2N6O5S. The molecule has 1 amide bonds. The highest BCUT2D eigenvalue weighted by atomic mass is 32.2. The van der Waals surface area contributed by atoms with Crippen molar-refractivity contribution < 1.29 is 31.5 Å². The number of hydrogen-bond acceptors (Lipinski definition) is 7. The Morgan fingerprint density at radius 3 is 2.52 bits per heavy atom. The molecule has 0 saturated carbocycles. The van der Waals surface area contributed by atoms with Crippen LogP contribution in [0.5, 0.6) is 11.5 Å². The molecule has 0 aliphatic rings. The third-order valence-corrected chi connectivity index (χ3v) is 7.67. The summed E-state index contributed by atoms with van der Waals surface area (Å²) in [7, 11) is -4.21. The van der Waals surface area contributed by atoms with E-state index in [-0.39, 0.29) is 40.1 Å². The fourth-order valence-corrected chi connectivity index (χ4v) is 5.54. The first-order valence-electron chi connectivity index (χ1n) is 13.3. The van der Waals surface area contributed by atoms with Crippen LogP contribution < -0.4 is 20.5 Å². The largest absolute Gasteiger partial charge is 0.454 e. The number of aryl methyl sites for hydroxylation is 1. The van der Waals surface area contributed by atoms with E-state index in [2.05, 4.69) is 20.1 Å². The third-order valence-electron chi connectivity index (χ3n) is 6.50. The van der Waals surface area contributed by atoms with E-state index in [4.69, 9.17) is 10.5 Å². The average Bonchev–Trinajstić information content (AvgIpc) is 3.52. The van der Waals surface area contributed by atoms with Crippen molar-refractivity contribution >= 4 is 44.1 Å². The highest BCUT2D eigenvalue weighted by molar-refractivity contribution is 7.93. The van der Waals surface area contributed by atoms with Gasteiger partial charge < -0.3 is 20.8 Å². The number of carbonyl (C=O) groups is 2. The molecule has 0 aliphatic heterocycles. The second-order valence-corrected chi connectivity index (χ2v) is 12.1. The van der Waals surface area contributed by atoms with Crippen LogP contribution in [0.2, 0.25) is 0 Å². The van der Waals surface area contributed by atoms with E-state index < -0.39 is 39.1 Å². The average molecular weight is 623 g/mol. The molecule has 0 spiro atoms. The molecule has 0 radical (unpaired) electrons. The summed E-state index contributed by atoms with van der Waals surface area (Å²) >= 11 is 0. The number of halogens is 2. The van der Waals surface area contributed by atoms with Crippen LogP contribution >= 0.6 is 0 Å². The van der Waals surface area contributed by atoms with Crippen molar-refractivity contribution in [2.75, 3.05) is 16.2 Å². The Balaban J connectivity index is 1.37. The minimum Gasteiger partial charge on any atom is -0.454 e. The molecule has 5 rings (SSSR count). The van der Waals surface area contributed by atoms with Crippen molar-refractivity contribution in [2.24, 2.45) is 0 Å². The third kappa shape index (κ3) is 6.39. The summed E-state index contributed by atoms with van der Waals surface area (Å²) in [5.41, 5.74) is 7.58. The minimum atomic E-state index is -4.21. The van der Waals surface area contributed by atoms with Crippen LogP contribution in [-0.2, 0) is 14.8 Å². The Morgan fingerprint density at radius 1 is 1.07 bits per heavy atom. The number of aromatic nitrogens is 3. The zero-order valence-electron chi connectivity index (χ0n) is 23.8. The highest BCUT2D eigenvalue weighted by Crippen LogP contribution is 2.30. The van der Waals surface area contributed by atoms with Gasteiger partial charge in [0, 0.05) is 16.9 Å². The van der Waals surface area contributed by atoms with E-state index in [9.17, 15) is 26.8 Å². The monoisotopic (exact) mass is 622 g/mol. The van der Waals surface area contributed by atoms with Crippen molar-refractivity contribution in [1.82, 2.24) is 20.1 Å². The summed E-state index contributed by atoms with van der Waals surface area (Å²) in [6, 6.07) is 14.4. The molecule has 5 aromatic rings. The maximum absolute atomic E-state index is 14.8. The maximum atomic E-state index is 14.8. The number of sulfonamides is 1. The van der Waals surface area contributed by atoms with Gasteiger partial charge in [-0.25, -0.2) is 21.9 Å². The number of H-pyrrole nitrogens is 1. The zero-order chi connectivity index (χ0) is 31.8. The number of aromatic amines is 1. The van der Waals surface area contributed by atoms with Gasteiger partial charge in [-0.05, 0) is 74.9 Å². The van der Waals surface area contributed by atoms with Gasteiger partial charge in [0.15, 0.2) is 11.6 Å². The van der Waals surface area contributed by atoms with Crippen molar-refractivity contribution in [3.05, 3.63) is 95.3 Å². The lowest BCUT2D eigenvalue weighted by molar-refractivity contribution is -0.119. The van der Waals surface area contributed by atoms with Crippen LogP contribution in [0.25, 0.3) is 16.6 Å². The number of amides is 1. The Labute approximate surface area is 251 Å². The quantitative estimate of drug-likeness (QED) is 0.163. The molecule has 0 aliphatic carbocycles. The smallest absolute Gasteiger partial charge is 0.241 e. The molecule has 228 valence electrons.